The second-order valence-electron chi connectivity index (χ2n) is 12.1. The number of hydrogen-bond donors (Lipinski definition) is 2. The first-order chi connectivity index (χ1) is 23.9. The highest BCUT2D eigenvalue weighted by Crippen LogP contribution is 2.37. The van der Waals surface area contributed by atoms with Crippen LogP contribution in [-0.2, 0) is 9.53 Å². The first-order valence-corrected chi connectivity index (χ1v) is 15.9. The van der Waals surface area contributed by atoms with Crippen LogP contribution in [0.1, 0.15) is 32.6 Å². The number of anilines is 2. The molecule has 50 heavy (non-hydrogen) atoms. The van der Waals surface area contributed by atoms with Gasteiger partial charge in [0.2, 0.25) is 5.91 Å². The number of halogens is 1. The topological polar surface area (TPSA) is 148 Å². The molecule has 1 aliphatic rings. The number of carbonyl (C=O) groups is 3. The summed E-state index contributed by atoms with van der Waals surface area (Å²) in [6, 6.07) is 15.7. The van der Waals surface area contributed by atoms with Crippen molar-refractivity contribution in [1.82, 2.24) is 19.9 Å². The van der Waals surface area contributed by atoms with Gasteiger partial charge in [-0.25, -0.2) is 23.6 Å². The number of aromatic nitrogens is 2. The van der Waals surface area contributed by atoms with Gasteiger partial charge in [0, 0.05) is 24.8 Å². The number of piperazine rings is 1. The summed E-state index contributed by atoms with van der Waals surface area (Å²) in [5, 5.41) is 7.55. The van der Waals surface area contributed by atoms with E-state index in [9.17, 15) is 23.6 Å². The second kappa shape index (κ2) is 14.7. The van der Waals surface area contributed by atoms with Crippen molar-refractivity contribution in [3.8, 4) is 11.5 Å². The number of alkyl carbamates (subject to hydrolysis) is 1. The first-order valence-electron chi connectivity index (χ1n) is 15.9. The van der Waals surface area contributed by atoms with Gasteiger partial charge in [-0.3, -0.25) is 14.5 Å². The average Bonchev–Trinajstić information content (AvgIpc) is 3.12. The Morgan fingerprint density at radius 2 is 1.62 bits per heavy atom. The zero-order valence-electron chi connectivity index (χ0n) is 28.7. The maximum Gasteiger partial charge on any atom is 0.407 e. The molecular formula is C35H40FN7O7. The summed E-state index contributed by atoms with van der Waals surface area (Å²) in [7, 11) is 4.20. The number of hydrogen-bond acceptors (Lipinski definition) is 9. The van der Waals surface area contributed by atoms with Crippen molar-refractivity contribution >= 4 is 40.3 Å². The molecule has 0 radical (unpaired) electrons. The molecule has 1 aliphatic heterocycles. The lowest BCUT2D eigenvalue weighted by Crippen LogP contribution is -2.62. The molecule has 1 saturated heterocycles. The predicted octanol–water partition coefficient (Wildman–Crippen LogP) is 4.27. The largest absolute Gasteiger partial charge is 0.497 e. The number of benzene rings is 3. The standard InChI is InChI=1S/C35H40FN7O7/c1-22(42(28-16-15-25(48-4)21-29(28)49-5)33(46)37-24-13-11-23(36)12-14-24)30-38-27-10-8-7-9-26(27)31(44)43(30)41-19-17-40(18-20-41)32(45)35(2,3)39-34(47)50-6/h7-16,21-22H,17-20H2,1-6H3,(H,37,46)(H,39,47). The molecule has 264 valence electrons. The van der Waals surface area contributed by atoms with Gasteiger partial charge in [0.05, 0.1) is 57.1 Å². The number of nitrogens with one attached hydrogen (secondary N) is 2. The van der Waals surface area contributed by atoms with Gasteiger partial charge in [0.25, 0.3) is 5.56 Å². The summed E-state index contributed by atoms with van der Waals surface area (Å²) >= 11 is 0. The van der Waals surface area contributed by atoms with Crippen molar-refractivity contribution in [2.24, 2.45) is 0 Å². The lowest BCUT2D eigenvalue weighted by atomic mass is 10.0. The van der Waals surface area contributed by atoms with Gasteiger partial charge in [-0.2, -0.15) is 0 Å². The van der Waals surface area contributed by atoms with Crippen LogP contribution in [0, 0.1) is 5.82 Å². The van der Waals surface area contributed by atoms with Crippen LogP contribution >= 0.6 is 0 Å². The summed E-state index contributed by atoms with van der Waals surface area (Å²) in [6.45, 7) is 5.88. The number of para-hydroxylation sites is 1. The average molecular weight is 690 g/mol. The molecule has 1 fully saturated rings. The van der Waals surface area contributed by atoms with Crippen LogP contribution in [0.15, 0.2) is 71.5 Å². The van der Waals surface area contributed by atoms with Crippen LogP contribution in [-0.4, -0.2) is 85.6 Å². The van der Waals surface area contributed by atoms with Gasteiger partial charge in [0.1, 0.15) is 22.9 Å². The van der Waals surface area contributed by atoms with Crippen molar-refractivity contribution in [3.63, 3.8) is 0 Å². The third-order valence-corrected chi connectivity index (χ3v) is 8.46. The van der Waals surface area contributed by atoms with Crippen LogP contribution in [0.2, 0.25) is 0 Å². The molecule has 0 aliphatic carbocycles. The molecule has 0 saturated carbocycles. The summed E-state index contributed by atoms with van der Waals surface area (Å²) in [6.07, 6.45) is -0.726. The molecule has 1 unspecified atom stereocenters. The SMILES string of the molecule is COC(=O)NC(C)(C)C(=O)N1CCN(n2c(C(C)N(C(=O)Nc3ccc(F)cc3)c3ccc(OC)cc3OC)nc3ccccc3c2=O)CC1. The van der Waals surface area contributed by atoms with Crippen LogP contribution in [0.5, 0.6) is 11.5 Å². The predicted molar refractivity (Wildman–Crippen MR) is 186 cm³/mol. The molecule has 0 spiro atoms. The van der Waals surface area contributed by atoms with Gasteiger partial charge in [-0.05, 0) is 69.3 Å². The van der Waals surface area contributed by atoms with E-state index in [-0.39, 0.29) is 43.5 Å². The molecule has 3 aromatic carbocycles. The Hall–Kier alpha value is -5.86. The van der Waals surface area contributed by atoms with Crippen molar-refractivity contribution in [2.45, 2.75) is 32.4 Å². The molecule has 4 amide bonds. The van der Waals surface area contributed by atoms with E-state index in [2.05, 4.69) is 15.4 Å². The van der Waals surface area contributed by atoms with Crippen molar-refractivity contribution < 1.29 is 33.0 Å². The van der Waals surface area contributed by atoms with Crippen LogP contribution in [0.25, 0.3) is 10.9 Å². The third kappa shape index (κ3) is 7.26. The molecule has 2 N–H and O–H groups in total. The van der Waals surface area contributed by atoms with E-state index in [1.54, 1.807) is 73.1 Å². The van der Waals surface area contributed by atoms with Gasteiger partial charge in [0.15, 0.2) is 5.82 Å². The van der Waals surface area contributed by atoms with E-state index in [0.717, 1.165) is 0 Å². The number of urea groups is 1. The van der Waals surface area contributed by atoms with Gasteiger partial charge in [-0.15, -0.1) is 0 Å². The molecule has 1 aromatic heterocycles. The minimum atomic E-state index is -1.23. The fourth-order valence-electron chi connectivity index (χ4n) is 5.85. The molecule has 14 nitrogen and oxygen atoms in total. The Bertz CT molecular complexity index is 1940. The number of nitrogens with zero attached hydrogens (tertiary/aromatic N) is 5. The molecule has 1 atom stereocenters. The van der Waals surface area contributed by atoms with E-state index in [0.29, 0.717) is 33.8 Å². The number of ether oxygens (including phenoxy) is 3. The zero-order valence-corrected chi connectivity index (χ0v) is 28.7. The number of carbonyl (C=O) groups excluding carboxylic acids is 3. The molecule has 15 heteroatoms. The summed E-state index contributed by atoms with van der Waals surface area (Å²) in [5.74, 6) is 0.286. The second-order valence-corrected chi connectivity index (χ2v) is 12.1. The fraction of sp³-hybridized carbons (Fsp3) is 0.343. The van der Waals surface area contributed by atoms with Crippen LogP contribution in [0.3, 0.4) is 0 Å². The van der Waals surface area contributed by atoms with E-state index < -0.39 is 29.5 Å². The normalized spacial score (nSPS) is 13.7. The third-order valence-electron chi connectivity index (χ3n) is 8.46. The highest BCUT2D eigenvalue weighted by Gasteiger charge is 2.37. The Balaban J connectivity index is 1.57. The van der Waals surface area contributed by atoms with E-state index in [1.807, 2.05) is 0 Å². The lowest BCUT2D eigenvalue weighted by molar-refractivity contribution is -0.137. The Morgan fingerprint density at radius 3 is 2.26 bits per heavy atom. The van der Waals surface area contributed by atoms with Crippen molar-refractivity contribution in [3.05, 3.63) is 88.7 Å². The lowest BCUT2D eigenvalue weighted by Gasteiger charge is -2.41. The molecule has 0 bridgehead atoms. The highest BCUT2D eigenvalue weighted by molar-refractivity contribution is 6.03. The number of fused-ring (bicyclic) bond motifs is 1. The molecule has 4 aromatic rings. The van der Waals surface area contributed by atoms with Crippen molar-refractivity contribution in [1.29, 1.82) is 0 Å². The Morgan fingerprint density at radius 1 is 0.940 bits per heavy atom. The number of methoxy groups -OCH3 is 3. The van der Waals surface area contributed by atoms with Gasteiger partial charge < -0.3 is 34.8 Å². The maximum atomic E-state index is 14.3. The first kappa shape index (κ1) is 35.4. The Labute approximate surface area is 288 Å². The van der Waals surface area contributed by atoms with Gasteiger partial charge in [-0.1, -0.05) is 12.1 Å². The smallest absolute Gasteiger partial charge is 0.407 e. The zero-order chi connectivity index (χ0) is 36.2. The van der Waals surface area contributed by atoms with Crippen LogP contribution < -0.4 is 35.6 Å². The minimum absolute atomic E-state index is 0.235. The van der Waals surface area contributed by atoms with Gasteiger partial charge >= 0.3 is 12.1 Å². The summed E-state index contributed by atoms with van der Waals surface area (Å²) in [4.78, 5) is 61.7. The van der Waals surface area contributed by atoms with Crippen molar-refractivity contribution in [2.75, 3.05) is 62.7 Å². The van der Waals surface area contributed by atoms with E-state index >= 15 is 0 Å². The fourth-order valence-corrected chi connectivity index (χ4v) is 5.85. The van der Waals surface area contributed by atoms with E-state index in [4.69, 9.17) is 14.5 Å². The molecule has 5 rings (SSSR count). The molecule has 2 heterocycles. The van der Waals surface area contributed by atoms with E-state index in [1.165, 1.54) is 55.2 Å². The Kier molecular flexibility index (Phi) is 10.4. The summed E-state index contributed by atoms with van der Waals surface area (Å²) in [5.41, 5.74) is -0.460. The highest BCUT2D eigenvalue weighted by atomic mass is 19.1. The summed E-state index contributed by atoms with van der Waals surface area (Å²) < 4.78 is 30.9. The maximum absolute atomic E-state index is 14.3. The minimum Gasteiger partial charge on any atom is -0.497 e. The quantitative estimate of drug-likeness (QED) is 0.263. The number of rotatable bonds is 9. The number of amides is 4. The molecular weight excluding hydrogens is 649 g/mol. The monoisotopic (exact) mass is 689 g/mol. The van der Waals surface area contributed by atoms with Crippen LogP contribution in [0.4, 0.5) is 25.4 Å².